The lowest BCUT2D eigenvalue weighted by Gasteiger charge is -2.38. The van der Waals surface area contributed by atoms with Gasteiger partial charge in [0.25, 0.3) is 0 Å². The van der Waals surface area contributed by atoms with Crippen molar-refractivity contribution in [2.45, 2.75) is 19.1 Å². The lowest BCUT2D eigenvalue weighted by Crippen LogP contribution is -2.50. The average Bonchev–Trinajstić information content (AvgIpc) is 2.43. The second kappa shape index (κ2) is 5.92. The summed E-state index contributed by atoms with van der Waals surface area (Å²) in [7, 11) is 3.35. The van der Waals surface area contributed by atoms with Crippen molar-refractivity contribution >= 4 is 0 Å². The van der Waals surface area contributed by atoms with Crippen molar-refractivity contribution in [1.29, 1.82) is 0 Å². The number of likely N-dealkylation sites (N-methyl/N-ethyl adjacent to an activating group) is 1. The van der Waals surface area contributed by atoms with E-state index in [1.54, 1.807) is 0 Å². The van der Waals surface area contributed by atoms with Crippen molar-refractivity contribution in [3.05, 3.63) is 27.7 Å². The molecule has 1 atom stereocenters. The van der Waals surface area contributed by atoms with Crippen molar-refractivity contribution in [3.63, 3.8) is 0 Å². The maximum Gasteiger partial charge on any atom is 0.408 e. The van der Waals surface area contributed by atoms with Crippen molar-refractivity contribution in [3.8, 4) is 5.75 Å². The zero-order chi connectivity index (χ0) is 16.7. The van der Waals surface area contributed by atoms with E-state index in [4.69, 9.17) is 0 Å². The van der Waals surface area contributed by atoms with Gasteiger partial charge in [0.1, 0.15) is 6.04 Å². The zero-order valence-corrected chi connectivity index (χ0v) is 12.8. The highest BCUT2D eigenvalue weighted by atomic mass is 19.4. The zero-order valence-electron chi connectivity index (χ0n) is 12.8. The quantitative estimate of drug-likeness (QED) is 0.891. The van der Waals surface area contributed by atoms with Crippen LogP contribution >= 0.6 is 0 Å². The van der Waals surface area contributed by atoms with Crippen molar-refractivity contribution in [2.75, 3.05) is 33.2 Å². The molecule has 1 aliphatic heterocycles. The first-order valence-electron chi connectivity index (χ1n) is 7.01. The molecule has 2 rings (SSSR count). The number of rotatable bonds is 2. The Labute approximate surface area is 126 Å². The highest BCUT2D eigenvalue weighted by Crippen LogP contribution is 2.37. The van der Waals surface area contributed by atoms with Crippen molar-refractivity contribution in [1.82, 2.24) is 14.4 Å². The number of piperazine rings is 1. The molecule has 0 radical (unpaired) electrons. The maximum absolute atomic E-state index is 13.5. The van der Waals surface area contributed by atoms with Crippen LogP contribution < -0.4 is 5.43 Å². The predicted molar refractivity (Wildman–Crippen MR) is 76.0 cm³/mol. The van der Waals surface area contributed by atoms with Crippen LogP contribution in [0.3, 0.4) is 0 Å². The number of alkyl halides is 3. The Morgan fingerprint density at radius 1 is 1.18 bits per heavy atom. The van der Waals surface area contributed by atoms with E-state index in [-0.39, 0.29) is 18.8 Å². The van der Waals surface area contributed by atoms with Gasteiger partial charge >= 0.3 is 6.18 Å². The molecule has 0 saturated carbocycles. The maximum atomic E-state index is 13.5. The normalized spacial score (nSPS) is 19.4. The summed E-state index contributed by atoms with van der Waals surface area (Å²) in [5.74, 6) is -0.622. The van der Waals surface area contributed by atoms with Crippen molar-refractivity contribution in [2.24, 2.45) is 7.05 Å². The largest absolute Gasteiger partial charge is 0.503 e. The molecule has 1 N–H and O–H groups in total. The third-order valence-corrected chi connectivity index (χ3v) is 4.19. The fraction of sp³-hybridized carbons (Fsp3) is 0.643. The van der Waals surface area contributed by atoms with Gasteiger partial charge in [0.15, 0.2) is 5.75 Å². The number of hydrogen-bond donors (Lipinski definition) is 1. The van der Waals surface area contributed by atoms with Crippen LogP contribution in [-0.2, 0) is 7.05 Å². The van der Waals surface area contributed by atoms with E-state index in [1.165, 1.54) is 29.6 Å². The molecule has 1 aliphatic rings. The van der Waals surface area contributed by atoms with Gasteiger partial charge in [0.2, 0.25) is 5.43 Å². The highest BCUT2D eigenvalue weighted by Gasteiger charge is 2.47. The van der Waals surface area contributed by atoms with Crippen LogP contribution in [0, 0.1) is 6.92 Å². The van der Waals surface area contributed by atoms with Gasteiger partial charge in [0, 0.05) is 45.0 Å². The second-order valence-electron chi connectivity index (χ2n) is 5.74. The second-order valence-corrected chi connectivity index (χ2v) is 5.74. The molecule has 1 aromatic rings. The van der Waals surface area contributed by atoms with Gasteiger partial charge in [-0.1, -0.05) is 0 Å². The van der Waals surface area contributed by atoms with Crippen LogP contribution in [0.2, 0.25) is 0 Å². The van der Waals surface area contributed by atoms with Gasteiger partial charge in [-0.05, 0) is 14.0 Å². The summed E-state index contributed by atoms with van der Waals surface area (Å²) in [5.41, 5.74) is -1.13. The van der Waals surface area contributed by atoms with E-state index >= 15 is 0 Å². The van der Waals surface area contributed by atoms with Gasteiger partial charge in [-0.15, -0.1) is 0 Å². The Morgan fingerprint density at radius 2 is 1.73 bits per heavy atom. The topological polar surface area (TPSA) is 48.7 Å². The van der Waals surface area contributed by atoms with Gasteiger partial charge in [0.05, 0.1) is 5.69 Å². The standard InChI is InChI=1S/C14H20F3N3O2/c1-9-11(21)12(22)10(8-19(9)3)13(14(15,16)17)20-6-4-18(2)5-7-20/h8,13,21H,4-7H2,1-3H3/t13-/m0/s1. The third-order valence-electron chi connectivity index (χ3n) is 4.19. The summed E-state index contributed by atoms with van der Waals surface area (Å²) >= 11 is 0. The number of pyridine rings is 1. The lowest BCUT2D eigenvalue weighted by atomic mass is 10.0. The molecule has 1 saturated heterocycles. The SMILES string of the molecule is Cc1c(O)c(=O)c([C@H](N2CCN(C)CC2)C(F)(F)F)cn1C. The van der Waals surface area contributed by atoms with Gasteiger partial charge in [-0.2, -0.15) is 13.2 Å². The van der Waals surface area contributed by atoms with Gasteiger partial charge in [-0.3, -0.25) is 9.69 Å². The average molecular weight is 319 g/mol. The monoisotopic (exact) mass is 319 g/mol. The number of hydrogen-bond acceptors (Lipinski definition) is 4. The van der Waals surface area contributed by atoms with Crippen molar-refractivity contribution < 1.29 is 18.3 Å². The molecule has 0 unspecified atom stereocenters. The molecule has 0 bridgehead atoms. The smallest absolute Gasteiger partial charge is 0.408 e. The van der Waals surface area contributed by atoms with Crippen LogP contribution in [-0.4, -0.2) is 58.9 Å². The molecule has 1 aromatic heterocycles. The molecule has 8 heteroatoms. The fourth-order valence-electron chi connectivity index (χ4n) is 2.69. The fourth-order valence-corrected chi connectivity index (χ4v) is 2.69. The van der Waals surface area contributed by atoms with Crippen LogP contribution in [0.4, 0.5) is 13.2 Å². The number of nitrogens with zero attached hydrogens (tertiary/aromatic N) is 3. The van der Waals surface area contributed by atoms with E-state index in [9.17, 15) is 23.1 Å². The predicted octanol–water partition coefficient (Wildman–Crippen LogP) is 1.25. The minimum atomic E-state index is -4.58. The Morgan fingerprint density at radius 3 is 2.23 bits per heavy atom. The number of halogens is 3. The van der Waals surface area contributed by atoms with Crippen LogP contribution in [0.15, 0.2) is 11.0 Å². The van der Waals surface area contributed by atoms with E-state index < -0.39 is 29.0 Å². The summed E-state index contributed by atoms with van der Waals surface area (Å²) in [6.45, 7) is 2.94. The lowest BCUT2D eigenvalue weighted by molar-refractivity contribution is -0.190. The Kier molecular flexibility index (Phi) is 4.53. The van der Waals surface area contributed by atoms with Gasteiger partial charge in [-0.25, -0.2) is 0 Å². The first-order valence-corrected chi connectivity index (χ1v) is 7.01. The summed E-state index contributed by atoms with van der Waals surface area (Å²) in [6, 6.07) is -1.99. The molecular weight excluding hydrogens is 299 g/mol. The molecule has 22 heavy (non-hydrogen) atoms. The minimum Gasteiger partial charge on any atom is -0.503 e. The molecule has 124 valence electrons. The molecule has 1 fully saturated rings. The molecule has 0 amide bonds. The molecule has 5 nitrogen and oxygen atoms in total. The summed E-state index contributed by atoms with van der Waals surface area (Å²) < 4.78 is 42.0. The first kappa shape index (κ1) is 16.8. The van der Waals surface area contributed by atoms with Gasteiger partial charge < -0.3 is 14.6 Å². The summed E-state index contributed by atoms with van der Waals surface area (Å²) in [6.07, 6.45) is -3.41. The summed E-state index contributed by atoms with van der Waals surface area (Å²) in [4.78, 5) is 15.3. The first-order chi connectivity index (χ1) is 10.1. The highest BCUT2D eigenvalue weighted by molar-refractivity contribution is 5.33. The third kappa shape index (κ3) is 3.12. The number of aromatic nitrogens is 1. The molecule has 0 spiro atoms. The van der Waals surface area contributed by atoms with Crippen LogP contribution in [0.25, 0.3) is 0 Å². The van der Waals surface area contributed by atoms with Crippen LogP contribution in [0.5, 0.6) is 5.75 Å². The van der Waals surface area contributed by atoms with E-state index in [0.717, 1.165) is 0 Å². The van der Waals surface area contributed by atoms with E-state index in [1.807, 2.05) is 11.9 Å². The van der Waals surface area contributed by atoms with E-state index in [0.29, 0.717) is 13.1 Å². The Hall–Kier alpha value is -1.54. The Balaban J connectivity index is 2.50. The van der Waals surface area contributed by atoms with E-state index in [2.05, 4.69) is 0 Å². The van der Waals surface area contributed by atoms with Crippen LogP contribution in [0.1, 0.15) is 17.3 Å². The summed E-state index contributed by atoms with van der Waals surface area (Å²) in [5, 5.41) is 9.80. The number of aromatic hydroxyl groups is 1. The molecule has 0 aliphatic carbocycles. The molecule has 0 aromatic carbocycles. The minimum absolute atomic E-state index is 0.221. The number of aryl methyl sites for hydroxylation is 1. The molecule has 2 heterocycles. The molecular formula is C14H20F3N3O2. The Bertz CT molecular complexity index is 605.